The van der Waals surface area contributed by atoms with Crippen LogP contribution in [0, 0.1) is 0 Å². The summed E-state index contributed by atoms with van der Waals surface area (Å²) in [5.41, 5.74) is 2.28. The van der Waals surface area contributed by atoms with Crippen molar-refractivity contribution < 1.29 is 14.3 Å². The molecule has 2 aromatic rings. The van der Waals surface area contributed by atoms with Crippen molar-refractivity contribution in [2.45, 2.75) is 52.5 Å². The molecule has 2 aliphatic rings. The second-order valence-corrected chi connectivity index (χ2v) is 6.38. The Bertz CT molecular complexity index is 848. The molecule has 8 nitrogen and oxygen atoms in total. The van der Waals surface area contributed by atoms with Crippen molar-refractivity contribution in [1.82, 2.24) is 19.9 Å². The number of nitrogens with zero attached hydrogens (tertiary/aromatic N) is 4. The van der Waals surface area contributed by atoms with Crippen LogP contribution in [0.3, 0.4) is 0 Å². The van der Waals surface area contributed by atoms with Gasteiger partial charge in [0.1, 0.15) is 17.6 Å². The van der Waals surface area contributed by atoms with Gasteiger partial charge in [-0.2, -0.15) is 0 Å². The SMILES string of the molecule is CC.CC1OCc2cnc(C(=O)NC3CCn4cncc4N(C)C3=O)cc21. The number of amides is 2. The second-order valence-electron chi connectivity index (χ2n) is 6.38. The van der Waals surface area contributed by atoms with Gasteiger partial charge in [0.2, 0.25) is 0 Å². The molecule has 0 radical (unpaired) electrons. The number of aryl methyl sites for hydroxylation is 1. The van der Waals surface area contributed by atoms with Crippen LogP contribution in [0.2, 0.25) is 0 Å². The fourth-order valence-corrected chi connectivity index (χ4v) is 3.30. The monoisotopic (exact) mass is 371 g/mol. The van der Waals surface area contributed by atoms with Gasteiger partial charge in [-0.1, -0.05) is 13.8 Å². The molecule has 2 aromatic heterocycles. The number of carbonyl (C=O) groups is 2. The minimum atomic E-state index is -0.596. The zero-order chi connectivity index (χ0) is 19.6. The highest BCUT2D eigenvalue weighted by atomic mass is 16.5. The predicted molar refractivity (Wildman–Crippen MR) is 100 cm³/mol. The van der Waals surface area contributed by atoms with Crippen LogP contribution in [0.1, 0.15) is 54.9 Å². The average Bonchev–Trinajstić information content (AvgIpc) is 3.29. The Morgan fingerprint density at radius 3 is 2.89 bits per heavy atom. The smallest absolute Gasteiger partial charge is 0.270 e. The number of hydrogen-bond acceptors (Lipinski definition) is 5. The van der Waals surface area contributed by atoms with Crippen LogP contribution < -0.4 is 10.2 Å². The molecule has 2 amide bonds. The molecule has 0 aromatic carbocycles. The Balaban J connectivity index is 0.00000102. The molecule has 0 aliphatic carbocycles. The molecule has 0 bridgehead atoms. The summed E-state index contributed by atoms with van der Waals surface area (Å²) < 4.78 is 7.44. The Labute approximate surface area is 158 Å². The first kappa shape index (κ1) is 19.0. The van der Waals surface area contributed by atoms with E-state index in [-0.39, 0.29) is 17.9 Å². The number of ether oxygens (including phenoxy) is 1. The van der Waals surface area contributed by atoms with Crippen molar-refractivity contribution in [1.29, 1.82) is 0 Å². The molecular formula is C19H25N5O3. The molecule has 4 rings (SSSR count). The van der Waals surface area contributed by atoms with Gasteiger partial charge in [-0.05, 0) is 25.0 Å². The molecular weight excluding hydrogens is 346 g/mol. The van der Waals surface area contributed by atoms with Crippen molar-refractivity contribution in [2.75, 3.05) is 11.9 Å². The van der Waals surface area contributed by atoms with E-state index in [9.17, 15) is 9.59 Å². The van der Waals surface area contributed by atoms with Crippen LogP contribution in [0.15, 0.2) is 24.8 Å². The molecule has 1 N–H and O–H groups in total. The number of nitrogens with one attached hydrogen (secondary N) is 1. The van der Waals surface area contributed by atoms with Gasteiger partial charge in [0, 0.05) is 25.4 Å². The molecule has 2 atom stereocenters. The van der Waals surface area contributed by atoms with Gasteiger partial charge >= 0.3 is 0 Å². The van der Waals surface area contributed by atoms with Crippen LogP contribution in [-0.4, -0.2) is 39.4 Å². The summed E-state index contributed by atoms with van der Waals surface area (Å²) in [6.07, 6.45) is 5.46. The van der Waals surface area contributed by atoms with E-state index in [0.29, 0.717) is 25.3 Å². The average molecular weight is 371 g/mol. The van der Waals surface area contributed by atoms with Gasteiger partial charge in [-0.25, -0.2) is 4.98 Å². The van der Waals surface area contributed by atoms with Crippen molar-refractivity contribution in [3.05, 3.63) is 41.6 Å². The van der Waals surface area contributed by atoms with Gasteiger partial charge in [-0.15, -0.1) is 0 Å². The normalized spacial score (nSPS) is 20.9. The zero-order valence-electron chi connectivity index (χ0n) is 16.1. The second kappa shape index (κ2) is 7.87. The third-order valence-electron chi connectivity index (χ3n) is 4.81. The standard InChI is InChI=1S/C17H19N5O3.C2H6/c1-10-12-5-14(19-6-11(12)8-25-10)16(23)20-13-3-4-22-9-18-7-15(22)21(2)17(13)24;1-2/h5-7,9-10,13H,3-4,8H2,1-2H3,(H,20,23);1-2H3. The van der Waals surface area contributed by atoms with E-state index in [1.54, 1.807) is 31.8 Å². The number of hydrogen-bond donors (Lipinski definition) is 1. The lowest BCUT2D eigenvalue weighted by Gasteiger charge is -2.20. The molecule has 4 heterocycles. The molecule has 0 saturated heterocycles. The van der Waals surface area contributed by atoms with Crippen LogP contribution in [0.5, 0.6) is 0 Å². The number of likely N-dealkylation sites (N-methyl/N-ethyl adjacent to an activating group) is 1. The molecule has 2 aliphatic heterocycles. The van der Waals surface area contributed by atoms with Crippen molar-refractivity contribution in [3.63, 3.8) is 0 Å². The highest BCUT2D eigenvalue weighted by Crippen LogP contribution is 2.29. The number of carbonyl (C=O) groups excluding carboxylic acids is 2. The maximum absolute atomic E-state index is 12.6. The number of fused-ring (bicyclic) bond motifs is 2. The van der Waals surface area contributed by atoms with E-state index < -0.39 is 6.04 Å². The first-order valence-electron chi connectivity index (χ1n) is 9.23. The van der Waals surface area contributed by atoms with Gasteiger partial charge in [-0.3, -0.25) is 19.5 Å². The van der Waals surface area contributed by atoms with Crippen molar-refractivity contribution in [2.24, 2.45) is 0 Å². The number of aromatic nitrogens is 3. The summed E-state index contributed by atoms with van der Waals surface area (Å²) in [6.45, 7) is 7.07. The minimum absolute atomic E-state index is 0.0476. The van der Waals surface area contributed by atoms with E-state index in [1.165, 1.54) is 4.90 Å². The van der Waals surface area contributed by atoms with Gasteiger partial charge in [0.05, 0.1) is 25.2 Å². The van der Waals surface area contributed by atoms with E-state index in [4.69, 9.17) is 4.74 Å². The van der Waals surface area contributed by atoms with Crippen LogP contribution >= 0.6 is 0 Å². The molecule has 0 spiro atoms. The van der Waals surface area contributed by atoms with E-state index in [2.05, 4.69) is 15.3 Å². The maximum Gasteiger partial charge on any atom is 0.270 e. The third kappa shape index (κ3) is 3.57. The number of anilines is 1. The van der Waals surface area contributed by atoms with Gasteiger partial charge in [0.15, 0.2) is 0 Å². The molecule has 0 fully saturated rings. The largest absolute Gasteiger partial charge is 0.369 e. The Hall–Kier alpha value is -2.74. The zero-order valence-corrected chi connectivity index (χ0v) is 16.1. The fourth-order valence-electron chi connectivity index (χ4n) is 3.30. The highest BCUT2D eigenvalue weighted by Gasteiger charge is 2.30. The number of rotatable bonds is 2. The first-order chi connectivity index (χ1) is 13.0. The van der Waals surface area contributed by atoms with Gasteiger partial charge < -0.3 is 14.6 Å². The van der Waals surface area contributed by atoms with E-state index in [1.807, 2.05) is 25.3 Å². The lowest BCUT2D eigenvalue weighted by molar-refractivity contribution is -0.120. The van der Waals surface area contributed by atoms with Crippen LogP contribution in [0.4, 0.5) is 5.82 Å². The summed E-state index contributed by atoms with van der Waals surface area (Å²) in [5.74, 6) is 0.215. The fraction of sp³-hybridized carbons (Fsp3) is 0.474. The summed E-state index contributed by atoms with van der Waals surface area (Å²) >= 11 is 0. The number of pyridine rings is 1. The maximum atomic E-state index is 12.6. The minimum Gasteiger partial charge on any atom is -0.369 e. The third-order valence-corrected chi connectivity index (χ3v) is 4.81. The van der Waals surface area contributed by atoms with Crippen LogP contribution in [0.25, 0.3) is 0 Å². The Morgan fingerprint density at radius 2 is 2.11 bits per heavy atom. The Morgan fingerprint density at radius 1 is 1.33 bits per heavy atom. The molecule has 144 valence electrons. The van der Waals surface area contributed by atoms with E-state index in [0.717, 1.165) is 16.9 Å². The summed E-state index contributed by atoms with van der Waals surface area (Å²) in [6, 6.07) is 1.15. The summed E-state index contributed by atoms with van der Waals surface area (Å²) in [5, 5.41) is 2.82. The topological polar surface area (TPSA) is 89.3 Å². The van der Waals surface area contributed by atoms with Crippen molar-refractivity contribution >= 4 is 17.6 Å². The lowest BCUT2D eigenvalue weighted by atomic mass is 10.1. The number of imidazole rings is 1. The lowest BCUT2D eigenvalue weighted by Crippen LogP contribution is -2.47. The highest BCUT2D eigenvalue weighted by molar-refractivity contribution is 6.01. The summed E-state index contributed by atoms with van der Waals surface area (Å²) in [4.78, 5) is 35.0. The first-order valence-corrected chi connectivity index (χ1v) is 9.23. The molecule has 2 unspecified atom stereocenters. The molecule has 8 heteroatoms. The molecule has 0 saturated carbocycles. The van der Waals surface area contributed by atoms with Crippen LogP contribution in [-0.2, 0) is 22.7 Å². The Kier molecular flexibility index (Phi) is 5.55. The van der Waals surface area contributed by atoms with Gasteiger partial charge in [0.25, 0.3) is 11.8 Å². The summed E-state index contributed by atoms with van der Waals surface area (Å²) in [7, 11) is 1.69. The predicted octanol–water partition coefficient (Wildman–Crippen LogP) is 2.06. The van der Waals surface area contributed by atoms with Crippen molar-refractivity contribution in [3.8, 4) is 0 Å². The van der Waals surface area contributed by atoms with E-state index >= 15 is 0 Å². The molecule has 27 heavy (non-hydrogen) atoms. The quantitative estimate of drug-likeness (QED) is 0.873.